The highest BCUT2D eigenvalue weighted by atomic mass is 16.5. The number of piperidine rings is 1. The minimum atomic E-state index is -1.26. The number of rotatable bonds is 3. The predicted octanol–water partition coefficient (Wildman–Crippen LogP) is 0.360. The van der Waals surface area contributed by atoms with Gasteiger partial charge in [0.2, 0.25) is 5.76 Å². The van der Waals surface area contributed by atoms with Crippen LogP contribution in [0, 0.1) is 0 Å². The van der Waals surface area contributed by atoms with Gasteiger partial charge in [0.1, 0.15) is 0 Å². The summed E-state index contributed by atoms with van der Waals surface area (Å²) < 4.78 is 4.55. The summed E-state index contributed by atoms with van der Waals surface area (Å²) in [7, 11) is 0. The van der Waals surface area contributed by atoms with Gasteiger partial charge in [0, 0.05) is 12.6 Å². The van der Waals surface area contributed by atoms with E-state index in [0.29, 0.717) is 6.54 Å². The average molecular weight is 254 g/mol. The number of nitrogens with zero attached hydrogens (tertiary/aromatic N) is 2. The number of aromatic nitrogens is 1. The SMILES string of the molecule is O=C(O)c1cc(C(=O)N2CCCCC2CO)no1. The van der Waals surface area contributed by atoms with E-state index in [0.717, 1.165) is 25.3 Å². The van der Waals surface area contributed by atoms with Crippen LogP contribution in [0.5, 0.6) is 0 Å². The van der Waals surface area contributed by atoms with Crippen LogP contribution in [0.15, 0.2) is 10.6 Å². The second kappa shape index (κ2) is 5.18. The summed E-state index contributed by atoms with van der Waals surface area (Å²) in [4.78, 5) is 24.3. The lowest BCUT2D eigenvalue weighted by Crippen LogP contribution is -2.45. The Morgan fingerprint density at radius 1 is 1.50 bits per heavy atom. The van der Waals surface area contributed by atoms with E-state index in [1.54, 1.807) is 0 Å². The number of carbonyl (C=O) groups excluding carboxylic acids is 1. The number of carbonyl (C=O) groups is 2. The number of carboxylic acid groups (broad SMARTS) is 1. The van der Waals surface area contributed by atoms with E-state index in [2.05, 4.69) is 9.68 Å². The molecule has 1 aromatic heterocycles. The molecule has 98 valence electrons. The van der Waals surface area contributed by atoms with Gasteiger partial charge < -0.3 is 19.6 Å². The van der Waals surface area contributed by atoms with Crippen LogP contribution >= 0.6 is 0 Å². The largest absolute Gasteiger partial charge is 0.475 e. The van der Waals surface area contributed by atoms with Crippen molar-refractivity contribution >= 4 is 11.9 Å². The average Bonchev–Trinajstić information content (AvgIpc) is 2.87. The van der Waals surface area contributed by atoms with Crippen LogP contribution in [-0.4, -0.2) is 51.3 Å². The summed E-state index contributed by atoms with van der Waals surface area (Å²) in [6, 6.07) is 0.879. The summed E-state index contributed by atoms with van der Waals surface area (Å²) >= 11 is 0. The highest BCUT2D eigenvalue weighted by Crippen LogP contribution is 2.19. The molecule has 0 saturated carbocycles. The standard InChI is InChI=1S/C11H14N2O5/c14-6-7-3-1-2-4-13(7)10(15)8-5-9(11(16)17)18-12-8/h5,7,14H,1-4,6H2,(H,16,17). The number of aliphatic hydroxyl groups excluding tert-OH is 1. The lowest BCUT2D eigenvalue weighted by Gasteiger charge is -2.33. The minimum absolute atomic E-state index is 0.0345. The van der Waals surface area contributed by atoms with E-state index in [4.69, 9.17) is 5.11 Å². The minimum Gasteiger partial charge on any atom is -0.475 e. The number of aliphatic hydroxyl groups is 1. The van der Waals surface area contributed by atoms with E-state index < -0.39 is 11.9 Å². The molecule has 18 heavy (non-hydrogen) atoms. The molecule has 1 unspecified atom stereocenters. The van der Waals surface area contributed by atoms with Crippen LogP contribution in [0.1, 0.15) is 40.3 Å². The van der Waals surface area contributed by atoms with Crippen LogP contribution in [0.4, 0.5) is 0 Å². The predicted molar refractivity (Wildman–Crippen MR) is 59.2 cm³/mol. The second-order valence-corrected chi connectivity index (χ2v) is 4.21. The van der Waals surface area contributed by atoms with Crippen molar-refractivity contribution < 1.29 is 24.3 Å². The maximum absolute atomic E-state index is 12.1. The Morgan fingerprint density at radius 3 is 2.89 bits per heavy atom. The van der Waals surface area contributed by atoms with Crippen molar-refractivity contribution in [2.45, 2.75) is 25.3 Å². The maximum Gasteiger partial charge on any atom is 0.374 e. The zero-order chi connectivity index (χ0) is 13.1. The summed E-state index contributed by atoms with van der Waals surface area (Å²) in [5.74, 6) is -2.03. The van der Waals surface area contributed by atoms with Gasteiger partial charge in [-0.3, -0.25) is 4.79 Å². The lowest BCUT2D eigenvalue weighted by atomic mass is 10.0. The fourth-order valence-electron chi connectivity index (χ4n) is 2.08. The van der Waals surface area contributed by atoms with E-state index in [1.165, 1.54) is 4.90 Å². The first kappa shape index (κ1) is 12.6. The summed E-state index contributed by atoms with van der Waals surface area (Å²) in [6.07, 6.45) is 2.58. The van der Waals surface area contributed by atoms with E-state index >= 15 is 0 Å². The number of carboxylic acids is 1. The highest BCUT2D eigenvalue weighted by molar-refractivity contribution is 5.95. The van der Waals surface area contributed by atoms with Gasteiger partial charge in [-0.25, -0.2) is 4.79 Å². The Bertz CT molecular complexity index is 456. The fraction of sp³-hybridized carbons (Fsp3) is 0.545. The molecule has 1 aliphatic rings. The molecule has 0 bridgehead atoms. The van der Waals surface area contributed by atoms with E-state index in [-0.39, 0.29) is 24.1 Å². The molecule has 1 atom stereocenters. The zero-order valence-corrected chi connectivity index (χ0v) is 9.70. The van der Waals surface area contributed by atoms with E-state index in [1.807, 2.05) is 0 Å². The zero-order valence-electron chi connectivity index (χ0n) is 9.70. The van der Waals surface area contributed by atoms with Gasteiger partial charge in [-0.2, -0.15) is 0 Å². The Kier molecular flexibility index (Phi) is 3.61. The molecule has 0 aromatic carbocycles. The van der Waals surface area contributed by atoms with Crippen LogP contribution in [-0.2, 0) is 0 Å². The van der Waals surface area contributed by atoms with Gasteiger partial charge in [-0.1, -0.05) is 5.16 Å². The van der Waals surface area contributed by atoms with Crippen molar-refractivity contribution in [3.63, 3.8) is 0 Å². The summed E-state index contributed by atoms with van der Waals surface area (Å²) in [6.45, 7) is 0.439. The number of likely N-dealkylation sites (tertiary alicyclic amines) is 1. The molecule has 0 spiro atoms. The molecule has 7 heteroatoms. The topological polar surface area (TPSA) is 104 Å². The van der Waals surface area contributed by atoms with Crippen molar-refractivity contribution in [1.29, 1.82) is 0 Å². The number of aromatic carboxylic acids is 1. The highest BCUT2D eigenvalue weighted by Gasteiger charge is 2.29. The van der Waals surface area contributed by atoms with Gasteiger partial charge in [0.25, 0.3) is 5.91 Å². The first-order chi connectivity index (χ1) is 8.63. The molecule has 2 N–H and O–H groups in total. The molecule has 7 nitrogen and oxygen atoms in total. The third-order valence-electron chi connectivity index (χ3n) is 3.04. The molecule has 1 aromatic rings. The van der Waals surface area contributed by atoms with Gasteiger partial charge in [0.05, 0.1) is 12.6 Å². The van der Waals surface area contributed by atoms with Crippen molar-refractivity contribution in [3.05, 3.63) is 17.5 Å². The number of hydrogen-bond acceptors (Lipinski definition) is 5. The maximum atomic E-state index is 12.1. The Hall–Kier alpha value is -1.89. The summed E-state index contributed by atoms with van der Waals surface area (Å²) in [5.41, 5.74) is -0.0345. The quantitative estimate of drug-likeness (QED) is 0.807. The Morgan fingerprint density at radius 2 is 2.28 bits per heavy atom. The number of amides is 1. The third-order valence-corrected chi connectivity index (χ3v) is 3.04. The normalized spacial score (nSPS) is 19.8. The van der Waals surface area contributed by atoms with Gasteiger partial charge in [0.15, 0.2) is 5.69 Å². The van der Waals surface area contributed by atoms with Crippen molar-refractivity contribution in [2.24, 2.45) is 0 Å². The first-order valence-electron chi connectivity index (χ1n) is 5.75. The lowest BCUT2D eigenvalue weighted by molar-refractivity contribution is 0.0491. The van der Waals surface area contributed by atoms with Gasteiger partial charge in [-0.05, 0) is 19.3 Å². The molecule has 1 saturated heterocycles. The fourth-order valence-corrected chi connectivity index (χ4v) is 2.08. The van der Waals surface area contributed by atoms with Crippen LogP contribution in [0.3, 0.4) is 0 Å². The molecule has 2 rings (SSSR count). The third kappa shape index (κ3) is 2.35. The molecule has 1 amide bonds. The van der Waals surface area contributed by atoms with Gasteiger partial charge in [-0.15, -0.1) is 0 Å². The smallest absolute Gasteiger partial charge is 0.374 e. The van der Waals surface area contributed by atoms with Crippen LogP contribution < -0.4 is 0 Å². The van der Waals surface area contributed by atoms with Crippen molar-refractivity contribution in [3.8, 4) is 0 Å². The molecule has 0 radical (unpaired) electrons. The monoisotopic (exact) mass is 254 g/mol. The first-order valence-corrected chi connectivity index (χ1v) is 5.75. The van der Waals surface area contributed by atoms with Crippen molar-refractivity contribution in [1.82, 2.24) is 10.1 Å². The van der Waals surface area contributed by atoms with Gasteiger partial charge >= 0.3 is 5.97 Å². The Balaban J connectivity index is 2.15. The molecule has 1 fully saturated rings. The second-order valence-electron chi connectivity index (χ2n) is 4.21. The van der Waals surface area contributed by atoms with Crippen LogP contribution in [0.25, 0.3) is 0 Å². The van der Waals surface area contributed by atoms with Crippen LogP contribution in [0.2, 0.25) is 0 Å². The molecule has 2 heterocycles. The molecule has 1 aliphatic heterocycles. The van der Waals surface area contributed by atoms with E-state index in [9.17, 15) is 14.7 Å². The molecule has 0 aliphatic carbocycles. The summed E-state index contributed by atoms with van der Waals surface area (Å²) in [5, 5.41) is 21.4. The molecular formula is C11H14N2O5. The number of hydrogen-bond donors (Lipinski definition) is 2. The van der Waals surface area contributed by atoms with Crippen molar-refractivity contribution in [2.75, 3.05) is 13.2 Å². The molecular weight excluding hydrogens is 240 g/mol. The Labute approximate surface area is 103 Å².